The zero-order valence-electron chi connectivity index (χ0n) is 14.4. The molecule has 0 aliphatic rings. The van der Waals surface area contributed by atoms with Gasteiger partial charge in [0.05, 0.1) is 5.69 Å². The zero-order chi connectivity index (χ0) is 17.4. The molecule has 2 heterocycles. The Morgan fingerprint density at radius 3 is 2.40 bits per heavy atom. The van der Waals surface area contributed by atoms with Gasteiger partial charge in [-0.15, -0.1) is 0 Å². The second-order valence-corrected chi connectivity index (χ2v) is 6.27. The van der Waals surface area contributed by atoms with E-state index >= 15 is 0 Å². The Morgan fingerprint density at radius 2 is 1.64 bits per heavy atom. The monoisotopic (exact) mass is 330 g/mol. The molecule has 25 heavy (non-hydrogen) atoms. The number of rotatable bonds is 3. The van der Waals surface area contributed by atoms with E-state index in [0.717, 1.165) is 16.8 Å². The van der Waals surface area contributed by atoms with E-state index in [0.29, 0.717) is 17.4 Å². The molecule has 5 nitrogen and oxygen atoms in total. The Morgan fingerprint density at radius 1 is 0.880 bits per heavy atom. The van der Waals surface area contributed by atoms with Crippen LogP contribution in [-0.4, -0.2) is 20.3 Å². The van der Waals surface area contributed by atoms with Crippen molar-refractivity contribution in [1.29, 1.82) is 0 Å². The summed E-state index contributed by atoms with van der Waals surface area (Å²) in [5.41, 5.74) is 7.20. The first-order valence-corrected chi connectivity index (χ1v) is 8.14. The maximum absolute atomic E-state index is 5.40. The fraction of sp³-hybridized carbons (Fsp3) is 0.150. The van der Waals surface area contributed by atoms with Crippen LogP contribution in [0, 0.1) is 20.8 Å². The molecule has 2 aromatic carbocycles. The summed E-state index contributed by atoms with van der Waals surface area (Å²) in [6, 6.07) is 16.3. The first kappa shape index (κ1) is 15.3. The Bertz CT molecular complexity index is 1030. The van der Waals surface area contributed by atoms with E-state index in [9.17, 15) is 0 Å². The van der Waals surface area contributed by atoms with Crippen LogP contribution in [0.15, 0.2) is 53.1 Å². The maximum atomic E-state index is 5.40. The van der Waals surface area contributed by atoms with Crippen LogP contribution >= 0.6 is 0 Å². The SMILES string of the molecule is Cc1ccc(-c2noc(-c3cc(-c4ccc(C)cc4C)n[nH]3)n2)cc1. The van der Waals surface area contributed by atoms with Crippen molar-refractivity contribution in [3.05, 3.63) is 65.2 Å². The Hall–Kier alpha value is -3.21. The maximum Gasteiger partial charge on any atom is 0.276 e. The highest BCUT2D eigenvalue weighted by atomic mass is 16.5. The first-order chi connectivity index (χ1) is 12.1. The summed E-state index contributed by atoms with van der Waals surface area (Å²) < 4.78 is 5.40. The van der Waals surface area contributed by atoms with Gasteiger partial charge in [0.1, 0.15) is 5.69 Å². The van der Waals surface area contributed by atoms with Crippen molar-refractivity contribution < 1.29 is 4.52 Å². The predicted octanol–water partition coefficient (Wildman–Crippen LogP) is 4.72. The third-order valence-corrected chi connectivity index (χ3v) is 4.20. The van der Waals surface area contributed by atoms with Gasteiger partial charge in [0.2, 0.25) is 5.82 Å². The summed E-state index contributed by atoms with van der Waals surface area (Å²) in [6.07, 6.45) is 0. The van der Waals surface area contributed by atoms with Gasteiger partial charge in [-0.25, -0.2) is 0 Å². The van der Waals surface area contributed by atoms with E-state index in [4.69, 9.17) is 4.52 Å². The number of benzene rings is 2. The largest absolute Gasteiger partial charge is 0.332 e. The van der Waals surface area contributed by atoms with Crippen molar-refractivity contribution in [1.82, 2.24) is 20.3 Å². The van der Waals surface area contributed by atoms with E-state index < -0.39 is 0 Å². The molecular weight excluding hydrogens is 312 g/mol. The van der Waals surface area contributed by atoms with Crippen LogP contribution in [0.3, 0.4) is 0 Å². The first-order valence-electron chi connectivity index (χ1n) is 8.14. The van der Waals surface area contributed by atoms with Gasteiger partial charge in [0.25, 0.3) is 5.89 Å². The van der Waals surface area contributed by atoms with Gasteiger partial charge < -0.3 is 4.52 Å². The summed E-state index contributed by atoms with van der Waals surface area (Å²) >= 11 is 0. The zero-order valence-corrected chi connectivity index (χ0v) is 14.4. The summed E-state index contributed by atoms with van der Waals surface area (Å²) in [6.45, 7) is 6.21. The lowest BCUT2D eigenvalue weighted by Gasteiger charge is -2.02. The molecule has 0 atom stereocenters. The number of hydrogen-bond donors (Lipinski definition) is 1. The van der Waals surface area contributed by atoms with E-state index in [2.05, 4.69) is 52.4 Å². The van der Waals surface area contributed by atoms with Gasteiger partial charge in [0, 0.05) is 11.1 Å². The molecule has 0 saturated heterocycles. The van der Waals surface area contributed by atoms with Crippen LogP contribution in [0.2, 0.25) is 0 Å². The lowest BCUT2D eigenvalue weighted by molar-refractivity contribution is 0.431. The lowest BCUT2D eigenvalue weighted by atomic mass is 10.0. The molecule has 4 aromatic rings. The molecule has 2 aromatic heterocycles. The highest BCUT2D eigenvalue weighted by Crippen LogP contribution is 2.27. The van der Waals surface area contributed by atoms with Crippen LogP contribution in [0.25, 0.3) is 34.2 Å². The number of H-pyrrole nitrogens is 1. The van der Waals surface area contributed by atoms with Gasteiger partial charge in [0.15, 0.2) is 0 Å². The van der Waals surface area contributed by atoms with Crippen molar-refractivity contribution in [3.63, 3.8) is 0 Å². The van der Waals surface area contributed by atoms with Gasteiger partial charge in [-0.1, -0.05) is 58.7 Å². The molecule has 0 aliphatic carbocycles. The van der Waals surface area contributed by atoms with Crippen molar-refractivity contribution >= 4 is 0 Å². The molecule has 5 heteroatoms. The van der Waals surface area contributed by atoms with Gasteiger partial charge in [-0.05, 0) is 32.4 Å². The highest BCUT2D eigenvalue weighted by molar-refractivity contribution is 5.68. The Labute approximate surface area is 145 Å². The summed E-state index contributed by atoms with van der Waals surface area (Å²) in [5, 5.41) is 11.5. The second-order valence-electron chi connectivity index (χ2n) is 6.27. The van der Waals surface area contributed by atoms with Gasteiger partial charge in [-0.3, -0.25) is 5.10 Å². The Kier molecular flexibility index (Phi) is 3.69. The van der Waals surface area contributed by atoms with E-state index in [1.54, 1.807) is 0 Å². The summed E-state index contributed by atoms with van der Waals surface area (Å²) in [5.74, 6) is 0.997. The van der Waals surface area contributed by atoms with Crippen molar-refractivity contribution in [2.75, 3.05) is 0 Å². The van der Waals surface area contributed by atoms with E-state index in [1.807, 2.05) is 37.3 Å². The predicted molar refractivity (Wildman–Crippen MR) is 97.0 cm³/mol. The van der Waals surface area contributed by atoms with Crippen LogP contribution in [0.5, 0.6) is 0 Å². The minimum Gasteiger partial charge on any atom is -0.332 e. The number of aromatic nitrogens is 4. The van der Waals surface area contributed by atoms with Crippen LogP contribution in [-0.2, 0) is 0 Å². The summed E-state index contributed by atoms with van der Waals surface area (Å²) in [4.78, 5) is 4.47. The molecule has 0 bridgehead atoms. The second kappa shape index (κ2) is 6.02. The van der Waals surface area contributed by atoms with E-state index in [1.165, 1.54) is 16.7 Å². The minimum absolute atomic E-state index is 0.430. The lowest BCUT2D eigenvalue weighted by Crippen LogP contribution is -1.84. The fourth-order valence-corrected chi connectivity index (χ4v) is 2.82. The average Bonchev–Trinajstić information content (AvgIpc) is 3.24. The number of hydrogen-bond acceptors (Lipinski definition) is 4. The third-order valence-electron chi connectivity index (χ3n) is 4.20. The molecule has 0 amide bonds. The van der Waals surface area contributed by atoms with Crippen LogP contribution < -0.4 is 0 Å². The van der Waals surface area contributed by atoms with Crippen molar-refractivity contribution in [2.24, 2.45) is 0 Å². The molecule has 0 unspecified atom stereocenters. The summed E-state index contributed by atoms with van der Waals surface area (Å²) in [7, 11) is 0. The van der Waals surface area contributed by atoms with Crippen molar-refractivity contribution in [3.8, 4) is 34.2 Å². The molecule has 124 valence electrons. The number of aryl methyl sites for hydroxylation is 3. The smallest absolute Gasteiger partial charge is 0.276 e. The highest BCUT2D eigenvalue weighted by Gasteiger charge is 2.14. The quantitative estimate of drug-likeness (QED) is 0.590. The fourth-order valence-electron chi connectivity index (χ4n) is 2.82. The van der Waals surface area contributed by atoms with Gasteiger partial charge >= 0.3 is 0 Å². The molecule has 0 radical (unpaired) electrons. The Balaban J connectivity index is 1.65. The molecule has 0 fully saturated rings. The molecule has 4 rings (SSSR count). The van der Waals surface area contributed by atoms with Crippen LogP contribution in [0.1, 0.15) is 16.7 Å². The molecular formula is C20H18N4O. The normalized spacial score (nSPS) is 11.0. The molecule has 0 aliphatic heterocycles. The number of nitrogens with one attached hydrogen (secondary N) is 1. The van der Waals surface area contributed by atoms with Crippen LogP contribution in [0.4, 0.5) is 0 Å². The van der Waals surface area contributed by atoms with E-state index in [-0.39, 0.29) is 0 Å². The topological polar surface area (TPSA) is 67.6 Å². The number of aromatic amines is 1. The van der Waals surface area contributed by atoms with Crippen molar-refractivity contribution in [2.45, 2.75) is 20.8 Å². The minimum atomic E-state index is 0.430. The third kappa shape index (κ3) is 2.96. The van der Waals surface area contributed by atoms with Gasteiger partial charge in [-0.2, -0.15) is 10.1 Å². The molecule has 0 spiro atoms. The molecule has 0 saturated carbocycles. The molecule has 1 N–H and O–H groups in total. The number of nitrogens with zero attached hydrogens (tertiary/aromatic N) is 3. The standard InChI is InChI=1S/C20H18N4O/c1-12-4-7-15(8-5-12)19-21-20(25-24-19)18-11-17(22-23-18)16-9-6-13(2)10-14(16)3/h4-11H,1-3H3,(H,22,23). The average molecular weight is 330 g/mol.